The summed E-state index contributed by atoms with van der Waals surface area (Å²) >= 11 is 1.62. The van der Waals surface area contributed by atoms with Gasteiger partial charge in [0.05, 0.1) is 5.69 Å². The topological polar surface area (TPSA) is 29.1 Å². The lowest BCUT2D eigenvalue weighted by Gasteiger charge is -2.09. The first-order chi connectivity index (χ1) is 8.79. The van der Waals surface area contributed by atoms with Crippen LogP contribution in [-0.4, -0.2) is 5.91 Å². The van der Waals surface area contributed by atoms with Gasteiger partial charge < -0.3 is 5.32 Å². The second kappa shape index (κ2) is 6.07. The first-order valence-electron chi connectivity index (χ1n) is 5.55. The van der Waals surface area contributed by atoms with Crippen molar-refractivity contribution in [1.29, 1.82) is 0 Å². The summed E-state index contributed by atoms with van der Waals surface area (Å²) in [5.41, 5.74) is 0.802. The van der Waals surface area contributed by atoms with Crippen molar-refractivity contribution < 1.29 is 4.79 Å². The lowest BCUT2D eigenvalue weighted by molar-refractivity contribution is -0.111. The highest BCUT2D eigenvalue weighted by molar-refractivity contribution is 7.99. The van der Waals surface area contributed by atoms with Crippen LogP contribution in [0.4, 0.5) is 5.69 Å². The number of hydrogen-bond donors (Lipinski definition) is 1. The fourth-order valence-electron chi connectivity index (χ4n) is 1.46. The molecule has 0 bridgehead atoms. The Hall–Kier alpha value is -2.00. The number of amides is 1. The van der Waals surface area contributed by atoms with Crippen molar-refractivity contribution in [2.45, 2.75) is 9.79 Å². The standard InChI is InChI=1S/C15H13NOS/c1-2-15(17)16-13-10-6-7-11-14(13)18-12-8-4-3-5-9-12/h2-11H,1H2,(H,16,17). The SMILES string of the molecule is C=CC(=O)Nc1ccccc1Sc1ccccc1. The Kier molecular flexibility index (Phi) is 4.20. The number of para-hydroxylation sites is 1. The summed E-state index contributed by atoms with van der Waals surface area (Å²) in [5.74, 6) is -0.198. The Labute approximate surface area is 111 Å². The fourth-order valence-corrected chi connectivity index (χ4v) is 2.38. The van der Waals surface area contributed by atoms with Gasteiger partial charge in [-0.3, -0.25) is 4.79 Å². The zero-order valence-corrected chi connectivity index (χ0v) is 10.6. The normalized spacial score (nSPS) is 9.78. The predicted octanol–water partition coefficient (Wildman–Crippen LogP) is 3.96. The van der Waals surface area contributed by atoms with Crippen LogP contribution in [0.1, 0.15) is 0 Å². The number of carbonyl (C=O) groups is 1. The second-order valence-corrected chi connectivity index (χ2v) is 4.72. The van der Waals surface area contributed by atoms with E-state index >= 15 is 0 Å². The van der Waals surface area contributed by atoms with Crippen LogP contribution in [0.2, 0.25) is 0 Å². The average molecular weight is 255 g/mol. The van der Waals surface area contributed by atoms with E-state index in [0.717, 1.165) is 15.5 Å². The van der Waals surface area contributed by atoms with E-state index in [1.807, 2.05) is 54.6 Å². The van der Waals surface area contributed by atoms with Crippen LogP contribution in [-0.2, 0) is 4.79 Å². The van der Waals surface area contributed by atoms with Crippen molar-refractivity contribution in [2.24, 2.45) is 0 Å². The largest absolute Gasteiger partial charge is 0.321 e. The monoisotopic (exact) mass is 255 g/mol. The summed E-state index contributed by atoms with van der Waals surface area (Å²) in [4.78, 5) is 13.5. The van der Waals surface area contributed by atoms with Crippen molar-refractivity contribution in [1.82, 2.24) is 0 Å². The van der Waals surface area contributed by atoms with Crippen LogP contribution in [0, 0.1) is 0 Å². The van der Waals surface area contributed by atoms with E-state index in [4.69, 9.17) is 0 Å². The van der Waals surface area contributed by atoms with Gasteiger partial charge in [-0.1, -0.05) is 48.7 Å². The summed E-state index contributed by atoms with van der Waals surface area (Å²) in [6.45, 7) is 3.45. The molecule has 2 aromatic carbocycles. The minimum Gasteiger partial charge on any atom is -0.321 e. The lowest BCUT2D eigenvalue weighted by Crippen LogP contribution is -2.07. The van der Waals surface area contributed by atoms with Gasteiger partial charge in [-0.25, -0.2) is 0 Å². The minimum absolute atomic E-state index is 0.198. The quantitative estimate of drug-likeness (QED) is 0.838. The molecule has 0 spiro atoms. The minimum atomic E-state index is -0.198. The van der Waals surface area contributed by atoms with Crippen LogP contribution in [0.25, 0.3) is 0 Å². The fraction of sp³-hybridized carbons (Fsp3) is 0. The molecule has 0 fully saturated rings. The Morgan fingerprint density at radius 2 is 1.72 bits per heavy atom. The van der Waals surface area contributed by atoms with Crippen LogP contribution in [0.3, 0.4) is 0 Å². The molecule has 0 saturated carbocycles. The molecule has 18 heavy (non-hydrogen) atoms. The molecule has 0 aromatic heterocycles. The zero-order chi connectivity index (χ0) is 12.8. The third-order valence-corrected chi connectivity index (χ3v) is 3.39. The molecular weight excluding hydrogens is 242 g/mol. The molecule has 2 aromatic rings. The summed E-state index contributed by atoms with van der Waals surface area (Å²) < 4.78 is 0. The van der Waals surface area contributed by atoms with Crippen molar-refractivity contribution in [3.8, 4) is 0 Å². The number of benzene rings is 2. The van der Waals surface area contributed by atoms with Gasteiger partial charge in [-0.15, -0.1) is 0 Å². The van der Waals surface area contributed by atoms with Gasteiger partial charge in [-0.05, 0) is 30.3 Å². The van der Waals surface area contributed by atoms with Crippen molar-refractivity contribution in [2.75, 3.05) is 5.32 Å². The molecule has 0 saturated heterocycles. The maximum atomic E-state index is 11.3. The Morgan fingerprint density at radius 1 is 1.06 bits per heavy atom. The molecule has 2 rings (SSSR count). The number of rotatable bonds is 4. The molecule has 0 unspecified atom stereocenters. The van der Waals surface area contributed by atoms with Gasteiger partial charge in [-0.2, -0.15) is 0 Å². The number of nitrogens with one attached hydrogen (secondary N) is 1. The van der Waals surface area contributed by atoms with E-state index in [-0.39, 0.29) is 5.91 Å². The highest BCUT2D eigenvalue weighted by Crippen LogP contribution is 2.33. The molecule has 0 heterocycles. The highest BCUT2D eigenvalue weighted by atomic mass is 32.2. The smallest absolute Gasteiger partial charge is 0.247 e. The third kappa shape index (κ3) is 3.25. The van der Waals surface area contributed by atoms with Gasteiger partial charge in [0.25, 0.3) is 0 Å². The maximum absolute atomic E-state index is 11.3. The summed E-state index contributed by atoms with van der Waals surface area (Å²) in [6, 6.07) is 17.8. The van der Waals surface area contributed by atoms with E-state index < -0.39 is 0 Å². The van der Waals surface area contributed by atoms with Gasteiger partial charge >= 0.3 is 0 Å². The van der Waals surface area contributed by atoms with Crippen molar-refractivity contribution in [3.05, 3.63) is 67.3 Å². The molecule has 90 valence electrons. The van der Waals surface area contributed by atoms with Crippen LogP contribution in [0.15, 0.2) is 77.0 Å². The molecule has 0 atom stereocenters. The molecule has 0 aliphatic heterocycles. The highest BCUT2D eigenvalue weighted by Gasteiger charge is 2.05. The molecule has 0 aliphatic carbocycles. The Bertz CT molecular complexity index is 551. The van der Waals surface area contributed by atoms with Crippen LogP contribution < -0.4 is 5.32 Å². The van der Waals surface area contributed by atoms with Gasteiger partial charge in [0, 0.05) is 9.79 Å². The maximum Gasteiger partial charge on any atom is 0.247 e. The van der Waals surface area contributed by atoms with E-state index in [1.54, 1.807) is 11.8 Å². The molecular formula is C15H13NOS. The Balaban J connectivity index is 2.22. The van der Waals surface area contributed by atoms with E-state index in [9.17, 15) is 4.79 Å². The Morgan fingerprint density at radius 3 is 2.44 bits per heavy atom. The second-order valence-electron chi connectivity index (χ2n) is 3.60. The van der Waals surface area contributed by atoms with Crippen LogP contribution in [0.5, 0.6) is 0 Å². The first kappa shape index (κ1) is 12.5. The van der Waals surface area contributed by atoms with Gasteiger partial charge in [0.1, 0.15) is 0 Å². The number of hydrogen-bond acceptors (Lipinski definition) is 2. The van der Waals surface area contributed by atoms with Crippen molar-refractivity contribution >= 4 is 23.4 Å². The molecule has 3 heteroatoms. The first-order valence-corrected chi connectivity index (χ1v) is 6.36. The van der Waals surface area contributed by atoms with Gasteiger partial charge in [0.15, 0.2) is 0 Å². The summed E-state index contributed by atoms with van der Waals surface area (Å²) in [7, 11) is 0. The van der Waals surface area contributed by atoms with E-state index in [2.05, 4.69) is 11.9 Å². The molecule has 2 nitrogen and oxygen atoms in total. The summed E-state index contributed by atoms with van der Waals surface area (Å²) in [5, 5.41) is 2.80. The summed E-state index contributed by atoms with van der Waals surface area (Å²) in [6.07, 6.45) is 1.27. The molecule has 0 radical (unpaired) electrons. The lowest BCUT2D eigenvalue weighted by atomic mass is 10.3. The van der Waals surface area contributed by atoms with E-state index in [0.29, 0.717) is 0 Å². The zero-order valence-electron chi connectivity index (χ0n) is 9.80. The molecule has 0 aliphatic rings. The third-order valence-electron chi connectivity index (χ3n) is 2.30. The van der Waals surface area contributed by atoms with Crippen molar-refractivity contribution in [3.63, 3.8) is 0 Å². The number of carbonyl (C=O) groups excluding carboxylic acids is 1. The van der Waals surface area contributed by atoms with Crippen LogP contribution >= 0.6 is 11.8 Å². The van der Waals surface area contributed by atoms with E-state index in [1.165, 1.54) is 6.08 Å². The molecule has 1 amide bonds. The predicted molar refractivity (Wildman–Crippen MR) is 75.8 cm³/mol. The number of anilines is 1. The average Bonchev–Trinajstić information content (AvgIpc) is 2.42. The van der Waals surface area contributed by atoms with Gasteiger partial charge in [0.2, 0.25) is 5.91 Å². The molecule has 1 N–H and O–H groups in total.